The van der Waals surface area contributed by atoms with E-state index in [1.165, 1.54) is 0 Å². The van der Waals surface area contributed by atoms with Crippen LogP contribution in [-0.4, -0.2) is 42.9 Å². The average Bonchev–Trinajstić information content (AvgIpc) is 3.08. The molecule has 0 atom stereocenters. The zero-order valence-electron chi connectivity index (χ0n) is 14.5. The highest BCUT2D eigenvalue weighted by Gasteiger charge is 2.21. The zero-order chi connectivity index (χ0) is 17.9. The van der Waals surface area contributed by atoms with E-state index in [0.717, 1.165) is 48.4 Å². The smallest absolute Gasteiger partial charge is 0.253 e. The Hall–Kier alpha value is -2.92. The van der Waals surface area contributed by atoms with E-state index in [9.17, 15) is 9.59 Å². The van der Waals surface area contributed by atoms with E-state index in [1.54, 1.807) is 0 Å². The third-order valence-corrected chi connectivity index (χ3v) is 4.87. The van der Waals surface area contributed by atoms with Crippen molar-refractivity contribution in [1.29, 1.82) is 0 Å². The fourth-order valence-electron chi connectivity index (χ4n) is 3.42. The highest BCUT2D eigenvalue weighted by atomic mass is 16.2. The fourth-order valence-corrected chi connectivity index (χ4v) is 3.42. The van der Waals surface area contributed by atoms with Crippen molar-refractivity contribution in [2.75, 3.05) is 26.2 Å². The first-order chi connectivity index (χ1) is 12.7. The van der Waals surface area contributed by atoms with Crippen LogP contribution in [0.4, 0.5) is 0 Å². The van der Waals surface area contributed by atoms with Gasteiger partial charge in [0.2, 0.25) is 0 Å². The van der Waals surface area contributed by atoms with Crippen LogP contribution in [0.1, 0.15) is 37.4 Å². The summed E-state index contributed by atoms with van der Waals surface area (Å²) in [5.74, 6) is 0.0665. The lowest BCUT2D eigenvalue weighted by molar-refractivity contribution is 0.0735. The zero-order valence-corrected chi connectivity index (χ0v) is 14.5. The lowest BCUT2D eigenvalue weighted by Gasteiger charge is -2.27. The van der Waals surface area contributed by atoms with Crippen LogP contribution in [0.2, 0.25) is 0 Å². The molecule has 26 heavy (non-hydrogen) atoms. The molecule has 5 nitrogen and oxygen atoms in total. The largest absolute Gasteiger partial charge is 0.348 e. The molecule has 0 saturated carbocycles. The number of piperazine rings is 1. The van der Waals surface area contributed by atoms with Crippen LogP contribution < -0.4 is 10.6 Å². The highest BCUT2D eigenvalue weighted by Crippen LogP contribution is 2.22. The first-order valence-corrected chi connectivity index (χ1v) is 8.90. The molecule has 2 aliphatic rings. The third-order valence-electron chi connectivity index (χ3n) is 4.87. The number of hydrogen-bond donors (Lipinski definition) is 2. The molecule has 132 valence electrons. The van der Waals surface area contributed by atoms with Gasteiger partial charge in [-0.3, -0.25) is 9.59 Å². The molecular formula is C21H21N3O2. The summed E-state index contributed by atoms with van der Waals surface area (Å²) in [6, 6.07) is 13.5. The van der Waals surface area contributed by atoms with Gasteiger partial charge in [-0.2, -0.15) is 0 Å². The Morgan fingerprint density at radius 1 is 1.00 bits per heavy atom. The van der Waals surface area contributed by atoms with Crippen molar-refractivity contribution in [3.63, 3.8) is 0 Å². The van der Waals surface area contributed by atoms with Crippen molar-refractivity contribution in [3.05, 3.63) is 70.3 Å². The van der Waals surface area contributed by atoms with Crippen molar-refractivity contribution in [1.82, 2.24) is 15.5 Å². The van der Waals surface area contributed by atoms with E-state index in [0.29, 0.717) is 12.1 Å². The Balaban J connectivity index is 1.50. The van der Waals surface area contributed by atoms with Gasteiger partial charge >= 0.3 is 0 Å². The van der Waals surface area contributed by atoms with Gasteiger partial charge in [0.1, 0.15) is 0 Å². The Kier molecular flexibility index (Phi) is 4.54. The monoisotopic (exact) mass is 347 g/mol. The molecule has 1 fully saturated rings. The topological polar surface area (TPSA) is 61.4 Å². The van der Waals surface area contributed by atoms with E-state index in [-0.39, 0.29) is 11.8 Å². The van der Waals surface area contributed by atoms with Crippen LogP contribution in [0.15, 0.2) is 42.5 Å². The molecule has 2 aromatic rings. The van der Waals surface area contributed by atoms with E-state index in [4.69, 9.17) is 0 Å². The van der Waals surface area contributed by atoms with Crippen LogP contribution in [0.25, 0.3) is 12.2 Å². The first-order valence-electron chi connectivity index (χ1n) is 8.90. The molecule has 0 radical (unpaired) electrons. The van der Waals surface area contributed by atoms with Crippen molar-refractivity contribution in [2.45, 2.75) is 6.54 Å². The summed E-state index contributed by atoms with van der Waals surface area (Å²) < 4.78 is 0. The SMILES string of the molecule is O=C1NCc2cccc(/C=C/c3ccc(C(=O)N4CCNCC4)cc3)c21. The molecular weight excluding hydrogens is 326 g/mol. The van der Waals surface area contributed by atoms with E-state index < -0.39 is 0 Å². The second-order valence-corrected chi connectivity index (χ2v) is 6.56. The molecule has 0 spiro atoms. The maximum absolute atomic E-state index is 12.5. The minimum absolute atomic E-state index is 0.0165. The highest BCUT2D eigenvalue weighted by molar-refractivity contribution is 6.02. The molecule has 2 amide bonds. The van der Waals surface area contributed by atoms with Gasteiger partial charge in [-0.15, -0.1) is 0 Å². The van der Waals surface area contributed by atoms with Crippen LogP contribution in [0.3, 0.4) is 0 Å². The molecule has 0 bridgehead atoms. The summed E-state index contributed by atoms with van der Waals surface area (Å²) in [7, 11) is 0. The van der Waals surface area contributed by atoms with Gasteiger partial charge in [0.25, 0.3) is 11.8 Å². The molecule has 2 aromatic carbocycles. The van der Waals surface area contributed by atoms with E-state index >= 15 is 0 Å². The third kappa shape index (κ3) is 3.26. The summed E-state index contributed by atoms with van der Waals surface area (Å²) in [6.45, 7) is 3.80. The number of fused-ring (bicyclic) bond motifs is 1. The predicted molar refractivity (Wildman–Crippen MR) is 102 cm³/mol. The van der Waals surface area contributed by atoms with Gasteiger partial charge in [-0.1, -0.05) is 42.5 Å². The fraction of sp³-hybridized carbons (Fsp3) is 0.238. The summed E-state index contributed by atoms with van der Waals surface area (Å²) >= 11 is 0. The summed E-state index contributed by atoms with van der Waals surface area (Å²) in [5, 5.41) is 6.11. The second-order valence-electron chi connectivity index (χ2n) is 6.56. The Labute approximate surface area is 152 Å². The normalized spacial score (nSPS) is 16.6. The molecule has 2 heterocycles. The number of rotatable bonds is 3. The maximum atomic E-state index is 12.5. The van der Waals surface area contributed by atoms with Crippen LogP contribution in [0, 0.1) is 0 Å². The minimum Gasteiger partial charge on any atom is -0.348 e. The van der Waals surface area contributed by atoms with E-state index in [1.807, 2.05) is 59.5 Å². The molecule has 5 heteroatoms. The number of carbonyl (C=O) groups excluding carboxylic acids is 2. The van der Waals surface area contributed by atoms with Gasteiger partial charge in [-0.25, -0.2) is 0 Å². The van der Waals surface area contributed by atoms with Gasteiger partial charge < -0.3 is 15.5 Å². The maximum Gasteiger partial charge on any atom is 0.253 e. The number of hydrogen-bond acceptors (Lipinski definition) is 3. The van der Waals surface area contributed by atoms with E-state index in [2.05, 4.69) is 10.6 Å². The minimum atomic E-state index is -0.0165. The van der Waals surface area contributed by atoms with Crippen LogP contribution in [0.5, 0.6) is 0 Å². The van der Waals surface area contributed by atoms with Crippen molar-refractivity contribution >= 4 is 24.0 Å². The first kappa shape index (κ1) is 16.5. The van der Waals surface area contributed by atoms with Crippen LogP contribution in [-0.2, 0) is 6.54 Å². The molecule has 2 N–H and O–H groups in total. The van der Waals surface area contributed by atoms with Crippen molar-refractivity contribution in [3.8, 4) is 0 Å². The average molecular weight is 347 g/mol. The molecule has 0 unspecified atom stereocenters. The van der Waals surface area contributed by atoms with Crippen LogP contribution >= 0.6 is 0 Å². The standard InChI is InChI=1S/C21H21N3O2/c25-20-19-16(2-1-3-18(19)14-23-20)7-4-15-5-8-17(9-6-15)21(26)24-12-10-22-11-13-24/h1-9,22H,10-14H2,(H,23,25)/b7-4+. The summed E-state index contributed by atoms with van der Waals surface area (Å²) in [5.41, 5.74) is 4.42. The second kappa shape index (κ2) is 7.14. The molecule has 4 rings (SSSR count). The molecule has 0 aliphatic carbocycles. The van der Waals surface area contributed by atoms with Crippen molar-refractivity contribution < 1.29 is 9.59 Å². The number of nitrogens with zero attached hydrogens (tertiary/aromatic N) is 1. The number of nitrogens with one attached hydrogen (secondary N) is 2. The number of carbonyl (C=O) groups is 2. The molecule has 0 aromatic heterocycles. The molecule has 1 saturated heterocycles. The van der Waals surface area contributed by atoms with Gasteiger partial charge in [0.15, 0.2) is 0 Å². The van der Waals surface area contributed by atoms with Gasteiger partial charge in [0.05, 0.1) is 5.56 Å². The summed E-state index contributed by atoms with van der Waals surface area (Å²) in [4.78, 5) is 26.3. The number of amides is 2. The summed E-state index contributed by atoms with van der Waals surface area (Å²) in [6.07, 6.45) is 3.93. The quantitative estimate of drug-likeness (QED) is 0.837. The molecule has 2 aliphatic heterocycles. The Morgan fingerprint density at radius 2 is 1.77 bits per heavy atom. The Morgan fingerprint density at radius 3 is 2.54 bits per heavy atom. The van der Waals surface area contributed by atoms with Gasteiger partial charge in [-0.05, 0) is 28.8 Å². The Bertz CT molecular complexity index is 865. The lowest BCUT2D eigenvalue weighted by atomic mass is 10.0. The number of benzene rings is 2. The lowest BCUT2D eigenvalue weighted by Crippen LogP contribution is -2.46. The predicted octanol–water partition coefficient (Wildman–Crippen LogP) is 2.15. The van der Waals surface area contributed by atoms with Crippen molar-refractivity contribution in [2.24, 2.45) is 0 Å². The van der Waals surface area contributed by atoms with Gasteiger partial charge in [0, 0.05) is 38.3 Å².